The summed E-state index contributed by atoms with van der Waals surface area (Å²) in [6.07, 6.45) is 6.65. The number of oxime groups is 2. The average molecular weight is 612 g/mol. The summed E-state index contributed by atoms with van der Waals surface area (Å²) in [5.74, 6) is 0. The average Bonchev–Trinajstić information content (AvgIpc) is 2.67. The van der Waals surface area contributed by atoms with Crippen LogP contribution in [-0.2, 0) is 44.8 Å². The van der Waals surface area contributed by atoms with Crippen molar-refractivity contribution < 1.29 is 65.3 Å². The molecule has 2 aromatic rings. The fourth-order valence-corrected chi connectivity index (χ4v) is 1.27. The van der Waals surface area contributed by atoms with Crippen molar-refractivity contribution >= 4 is 11.4 Å². The molecule has 0 fully saturated rings. The molecule has 2 aromatic heterocycles. The van der Waals surface area contributed by atoms with Gasteiger partial charge in [-0.1, -0.05) is 10.3 Å². The molecule has 0 saturated carbocycles. The summed E-state index contributed by atoms with van der Waals surface area (Å²) < 4.78 is 0. The van der Waals surface area contributed by atoms with Crippen molar-refractivity contribution in [2.45, 2.75) is 13.8 Å². The van der Waals surface area contributed by atoms with Crippen molar-refractivity contribution in [1.82, 2.24) is 9.97 Å². The van der Waals surface area contributed by atoms with Gasteiger partial charge in [0.05, 0.1) is 21.6 Å². The molecule has 0 aromatic carbocycles. The zero-order valence-electron chi connectivity index (χ0n) is 15.2. The van der Waals surface area contributed by atoms with Crippen LogP contribution >= 0.6 is 0 Å². The summed E-state index contributed by atoms with van der Waals surface area (Å²) in [5, 5.41) is 52.3. The Hall–Kier alpha value is -2.88. The maximum absolute atomic E-state index is 8.35. The number of hydrogen-bond acceptors (Lipinski definition) is 12. The van der Waals surface area contributed by atoms with Crippen LogP contribution in [0.4, 0.5) is 0 Å². The Morgan fingerprint density at radius 1 is 0.800 bits per heavy atom. The zero-order chi connectivity index (χ0) is 21.9. The maximum atomic E-state index is 8.35. The van der Waals surface area contributed by atoms with Crippen molar-refractivity contribution in [3.8, 4) is 0 Å². The predicted molar refractivity (Wildman–Crippen MR) is 97.2 cm³/mol. The normalized spacial score (nSPS) is 9.27. The third-order valence-corrected chi connectivity index (χ3v) is 2.46. The van der Waals surface area contributed by atoms with E-state index in [1.165, 1.54) is 0 Å². The van der Waals surface area contributed by atoms with Crippen molar-refractivity contribution in [1.29, 1.82) is 0 Å². The Bertz CT molecular complexity index is 692. The van der Waals surface area contributed by atoms with E-state index in [4.69, 9.17) is 41.1 Å². The molecule has 0 saturated heterocycles. The fraction of sp³-hybridized carbons (Fsp3) is 0.143. The summed E-state index contributed by atoms with van der Waals surface area (Å²) in [4.78, 5) is 24.2. The number of hydrogen-bond donors (Lipinski definition) is 2. The standard InChI is InChI=1S/2C7H8N2O.2Ag.2NO3/c2*1-6(9-10)7-3-2-4-8-5-7;;;2*2-1(3)4/h2*2-5,10H,1H3;;;;/q;;2*+1;2*-1/b2*9-6+;;;;. The summed E-state index contributed by atoms with van der Waals surface area (Å²) in [5.41, 5.74) is 2.83. The van der Waals surface area contributed by atoms with E-state index in [9.17, 15) is 0 Å². The van der Waals surface area contributed by atoms with Crippen molar-refractivity contribution in [3.63, 3.8) is 0 Å². The van der Waals surface area contributed by atoms with E-state index in [-0.39, 0.29) is 44.8 Å². The van der Waals surface area contributed by atoms with Gasteiger partial charge in [-0.3, -0.25) is 9.97 Å². The third-order valence-electron chi connectivity index (χ3n) is 2.46. The quantitative estimate of drug-likeness (QED) is 0.165. The van der Waals surface area contributed by atoms with Crippen LogP contribution < -0.4 is 0 Å². The van der Waals surface area contributed by atoms with E-state index in [0.29, 0.717) is 11.4 Å². The van der Waals surface area contributed by atoms with E-state index >= 15 is 0 Å². The molecule has 0 aliphatic rings. The Kier molecular flexibility index (Phi) is 25.9. The molecule has 2 heterocycles. The zero-order valence-corrected chi connectivity index (χ0v) is 18.2. The van der Waals surface area contributed by atoms with Gasteiger partial charge in [-0.05, 0) is 38.1 Å². The second kappa shape index (κ2) is 22.4. The number of aromatic nitrogens is 2. The van der Waals surface area contributed by atoms with E-state index < -0.39 is 10.2 Å². The SMILES string of the molecule is C/C(=N\O)c1cccnc1.C/C(=N\O)c1cccnc1.O=[N+]([O-])[O-].O=[N+]([O-])[O-].[Ag+].[Ag+]. The molecule has 30 heavy (non-hydrogen) atoms. The van der Waals surface area contributed by atoms with E-state index in [0.717, 1.165) is 11.1 Å². The van der Waals surface area contributed by atoms with Gasteiger partial charge in [0.2, 0.25) is 0 Å². The molecule has 0 bridgehead atoms. The molecule has 16 heteroatoms. The maximum Gasteiger partial charge on any atom is 1.00 e. The van der Waals surface area contributed by atoms with E-state index in [2.05, 4.69) is 20.3 Å². The van der Waals surface area contributed by atoms with Crippen LogP contribution in [-0.4, -0.2) is 42.0 Å². The van der Waals surface area contributed by atoms with Crippen LogP contribution in [0.5, 0.6) is 0 Å². The van der Waals surface area contributed by atoms with Gasteiger partial charge in [0.1, 0.15) is 0 Å². The Labute approximate surface area is 201 Å². The molecule has 0 aliphatic carbocycles. The van der Waals surface area contributed by atoms with Gasteiger partial charge in [0.15, 0.2) is 0 Å². The summed E-state index contributed by atoms with van der Waals surface area (Å²) in [7, 11) is 0. The molecule has 0 unspecified atom stereocenters. The first-order valence-corrected chi connectivity index (χ1v) is 6.96. The van der Waals surface area contributed by atoms with Crippen LogP contribution in [0.15, 0.2) is 59.4 Å². The Balaban J connectivity index is -0.000000160. The van der Waals surface area contributed by atoms with Gasteiger partial charge in [0.25, 0.3) is 0 Å². The minimum Gasteiger partial charge on any atom is -0.411 e. The van der Waals surface area contributed by atoms with Crippen LogP contribution in [0.25, 0.3) is 0 Å². The Morgan fingerprint density at radius 3 is 1.23 bits per heavy atom. The van der Waals surface area contributed by atoms with Crippen LogP contribution in [0.3, 0.4) is 0 Å². The monoisotopic (exact) mass is 610 g/mol. The molecule has 0 spiro atoms. The third kappa shape index (κ3) is 23.2. The first-order chi connectivity index (χ1) is 13.1. The molecule has 14 nitrogen and oxygen atoms in total. The summed E-state index contributed by atoms with van der Waals surface area (Å²) >= 11 is 0. The number of nitrogens with zero attached hydrogens (tertiary/aromatic N) is 6. The second-order valence-electron chi connectivity index (χ2n) is 4.30. The van der Waals surface area contributed by atoms with Gasteiger partial charge < -0.3 is 41.1 Å². The smallest absolute Gasteiger partial charge is 0.411 e. The molecule has 0 aliphatic heterocycles. The molecular formula is C14H16Ag2N6O8. The topological polar surface area (TPSA) is 223 Å². The second-order valence-corrected chi connectivity index (χ2v) is 4.30. The molecule has 172 valence electrons. The van der Waals surface area contributed by atoms with Gasteiger partial charge in [-0.2, -0.15) is 0 Å². The fourth-order valence-electron chi connectivity index (χ4n) is 1.27. The molecule has 0 radical (unpaired) electrons. The van der Waals surface area contributed by atoms with Crippen molar-refractivity contribution in [2.75, 3.05) is 0 Å². The van der Waals surface area contributed by atoms with Gasteiger partial charge in [0, 0.05) is 35.9 Å². The van der Waals surface area contributed by atoms with Gasteiger partial charge >= 0.3 is 44.8 Å². The number of pyridine rings is 2. The largest absolute Gasteiger partial charge is 1.00 e. The Morgan fingerprint density at radius 2 is 1.07 bits per heavy atom. The first-order valence-electron chi connectivity index (χ1n) is 6.96. The van der Waals surface area contributed by atoms with Crippen molar-refractivity contribution in [2.24, 2.45) is 10.3 Å². The summed E-state index contributed by atoms with van der Waals surface area (Å²) in [6.45, 7) is 3.44. The van der Waals surface area contributed by atoms with Gasteiger partial charge in [-0.15, -0.1) is 0 Å². The van der Waals surface area contributed by atoms with Crippen molar-refractivity contribution in [3.05, 3.63) is 90.8 Å². The van der Waals surface area contributed by atoms with E-state index in [1.807, 2.05) is 12.1 Å². The number of rotatable bonds is 2. The van der Waals surface area contributed by atoms with Crippen LogP contribution in [0.2, 0.25) is 0 Å². The molecule has 2 N–H and O–H groups in total. The predicted octanol–water partition coefficient (Wildman–Crippen LogP) is 2.08. The minimum absolute atomic E-state index is 0. The minimum atomic E-state index is -1.75. The summed E-state index contributed by atoms with van der Waals surface area (Å²) in [6, 6.07) is 7.26. The molecule has 0 atom stereocenters. The van der Waals surface area contributed by atoms with Gasteiger partial charge in [-0.25, -0.2) is 0 Å². The van der Waals surface area contributed by atoms with Crippen LogP contribution in [0.1, 0.15) is 25.0 Å². The molecular weight excluding hydrogens is 596 g/mol. The molecule has 2 rings (SSSR count). The first kappa shape index (κ1) is 34.6. The van der Waals surface area contributed by atoms with E-state index in [1.54, 1.807) is 50.8 Å². The van der Waals surface area contributed by atoms with Crippen LogP contribution in [0, 0.1) is 30.6 Å². The molecule has 0 amide bonds.